The maximum absolute atomic E-state index is 12.3. The van der Waals surface area contributed by atoms with Gasteiger partial charge in [-0.15, -0.1) is 0 Å². The number of hydrogen-bond acceptors (Lipinski definition) is 3. The van der Waals surface area contributed by atoms with E-state index in [1.54, 1.807) is 0 Å². The van der Waals surface area contributed by atoms with Crippen molar-refractivity contribution >= 4 is 11.9 Å². The van der Waals surface area contributed by atoms with E-state index in [1.165, 1.54) is 0 Å². The molecular formula is C14H26N2O3. The van der Waals surface area contributed by atoms with E-state index in [-0.39, 0.29) is 24.4 Å². The summed E-state index contributed by atoms with van der Waals surface area (Å²) in [6.07, 6.45) is 4.29. The molecule has 1 aliphatic heterocycles. The van der Waals surface area contributed by atoms with Gasteiger partial charge in [-0.1, -0.05) is 6.92 Å². The minimum Gasteiger partial charge on any atom is -0.481 e. The van der Waals surface area contributed by atoms with Crippen LogP contribution in [0.15, 0.2) is 0 Å². The fourth-order valence-corrected chi connectivity index (χ4v) is 2.72. The molecule has 1 aliphatic rings. The fraction of sp³-hybridized carbons (Fsp3) is 0.857. The summed E-state index contributed by atoms with van der Waals surface area (Å²) in [5.41, 5.74) is 0. The zero-order valence-corrected chi connectivity index (χ0v) is 12.0. The van der Waals surface area contributed by atoms with E-state index in [0.717, 1.165) is 32.4 Å². The third-order valence-corrected chi connectivity index (χ3v) is 3.67. The topological polar surface area (TPSA) is 69.6 Å². The molecule has 1 amide bonds. The molecule has 19 heavy (non-hydrogen) atoms. The predicted octanol–water partition coefficient (Wildman–Crippen LogP) is 1.62. The highest BCUT2D eigenvalue weighted by Gasteiger charge is 2.27. The first-order valence-corrected chi connectivity index (χ1v) is 7.29. The number of carbonyl (C=O) groups excluding carboxylic acids is 1. The number of carboxylic acid groups (broad SMARTS) is 1. The number of amides is 1. The lowest BCUT2D eigenvalue weighted by molar-refractivity contribution is -0.140. The van der Waals surface area contributed by atoms with Crippen molar-refractivity contribution in [3.63, 3.8) is 0 Å². The number of nitrogens with one attached hydrogen (secondary N) is 1. The van der Waals surface area contributed by atoms with Gasteiger partial charge in [0.25, 0.3) is 0 Å². The lowest BCUT2D eigenvalue weighted by Gasteiger charge is -2.36. The fourth-order valence-electron chi connectivity index (χ4n) is 2.72. The quantitative estimate of drug-likeness (QED) is 0.737. The molecule has 0 saturated carbocycles. The molecule has 1 fully saturated rings. The molecule has 1 heterocycles. The number of carboxylic acids is 1. The Bertz CT molecular complexity index is 307. The van der Waals surface area contributed by atoms with Crippen LogP contribution in [0.3, 0.4) is 0 Å². The molecular weight excluding hydrogens is 244 g/mol. The first-order valence-electron chi connectivity index (χ1n) is 7.29. The van der Waals surface area contributed by atoms with Crippen molar-refractivity contribution in [1.82, 2.24) is 10.2 Å². The van der Waals surface area contributed by atoms with E-state index in [1.807, 2.05) is 18.7 Å². The Morgan fingerprint density at radius 1 is 1.42 bits per heavy atom. The summed E-state index contributed by atoms with van der Waals surface area (Å²) >= 11 is 0. The number of hydrogen-bond donors (Lipinski definition) is 2. The average molecular weight is 270 g/mol. The van der Waals surface area contributed by atoms with Crippen LogP contribution in [0.5, 0.6) is 0 Å². The molecule has 0 aromatic rings. The van der Waals surface area contributed by atoms with Crippen LogP contribution in [0.2, 0.25) is 0 Å². The highest BCUT2D eigenvalue weighted by atomic mass is 16.4. The SMILES string of the molecule is CCNC(C)CC(=O)N1CCCCC1CCC(=O)O. The van der Waals surface area contributed by atoms with Crippen molar-refractivity contribution in [1.29, 1.82) is 0 Å². The second-order valence-corrected chi connectivity index (χ2v) is 5.33. The number of rotatable bonds is 7. The van der Waals surface area contributed by atoms with Crippen molar-refractivity contribution in [3.05, 3.63) is 0 Å². The van der Waals surface area contributed by atoms with Crippen LogP contribution >= 0.6 is 0 Å². The Balaban J connectivity index is 2.50. The second kappa shape index (κ2) is 8.15. The molecule has 0 bridgehead atoms. The van der Waals surface area contributed by atoms with Gasteiger partial charge in [-0.05, 0) is 39.2 Å². The first-order chi connectivity index (χ1) is 9.04. The van der Waals surface area contributed by atoms with E-state index in [9.17, 15) is 9.59 Å². The molecule has 0 aromatic carbocycles. The predicted molar refractivity (Wildman–Crippen MR) is 74.0 cm³/mol. The minimum absolute atomic E-state index is 0.117. The van der Waals surface area contributed by atoms with E-state index in [0.29, 0.717) is 12.8 Å². The lowest BCUT2D eigenvalue weighted by atomic mass is 9.97. The Labute approximate surface area is 115 Å². The van der Waals surface area contributed by atoms with Gasteiger partial charge in [0.1, 0.15) is 0 Å². The zero-order chi connectivity index (χ0) is 14.3. The number of piperidine rings is 1. The molecule has 2 atom stereocenters. The Hall–Kier alpha value is -1.10. The third kappa shape index (κ3) is 5.59. The molecule has 1 saturated heterocycles. The number of likely N-dealkylation sites (tertiary alicyclic amines) is 1. The highest BCUT2D eigenvalue weighted by molar-refractivity contribution is 5.77. The normalized spacial score (nSPS) is 21.2. The van der Waals surface area contributed by atoms with Crippen molar-refractivity contribution in [2.24, 2.45) is 0 Å². The van der Waals surface area contributed by atoms with Gasteiger partial charge in [-0.2, -0.15) is 0 Å². The Morgan fingerprint density at radius 3 is 2.79 bits per heavy atom. The summed E-state index contributed by atoms with van der Waals surface area (Å²) in [6.45, 7) is 5.67. The maximum Gasteiger partial charge on any atom is 0.303 e. The van der Waals surface area contributed by atoms with E-state index < -0.39 is 5.97 Å². The van der Waals surface area contributed by atoms with Gasteiger partial charge >= 0.3 is 5.97 Å². The number of nitrogens with zero attached hydrogens (tertiary/aromatic N) is 1. The second-order valence-electron chi connectivity index (χ2n) is 5.33. The summed E-state index contributed by atoms with van der Waals surface area (Å²) in [7, 11) is 0. The highest BCUT2D eigenvalue weighted by Crippen LogP contribution is 2.22. The van der Waals surface area contributed by atoms with Crippen molar-refractivity contribution in [2.75, 3.05) is 13.1 Å². The number of aliphatic carboxylic acids is 1. The smallest absolute Gasteiger partial charge is 0.303 e. The summed E-state index contributed by atoms with van der Waals surface area (Å²) in [5, 5.41) is 12.0. The molecule has 2 N–H and O–H groups in total. The molecule has 0 spiro atoms. The third-order valence-electron chi connectivity index (χ3n) is 3.67. The standard InChI is InChI=1S/C14H26N2O3/c1-3-15-11(2)10-13(17)16-9-5-4-6-12(16)7-8-14(18)19/h11-12,15H,3-10H2,1-2H3,(H,18,19). The molecule has 5 nitrogen and oxygen atoms in total. The largest absolute Gasteiger partial charge is 0.481 e. The summed E-state index contributed by atoms with van der Waals surface area (Å²) < 4.78 is 0. The van der Waals surface area contributed by atoms with E-state index in [4.69, 9.17) is 5.11 Å². The first kappa shape index (κ1) is 16.0. The molecule has 0 radical (unpaired) electrons. The molecule has 2 unspecified atom stereocenters. The summed E-state index contributed by atoms with van der Waals surface area (Å²) in [6, 6.07) is 0.297. The van der Waals surface area contributed by atoms with Crippen LogP contribution in [-0.2, 0) is 9.59 Å². The van der Waals surface area contributed by atoms with Crippen LogP contribution in [-0.4, -0.2) is 47.1 Å². The summed E-state index contributed by atoms with van der Waals surface area (Å²) in [4.78, 5) is 24.8. The van der Waals surface area contributed by atoms with E-state index >= 15 is 0 Å². The molecule has 5 heteroatoms. The monoisotopic (exact) mass is 270 g/mol. The van der Waals surface area contributed by atoms with Gasteiger partial charge in [0.15, 0.2) is 0 Å². The number of carbonyl (C=O) groups is 2. The zero-order valence-electron chi connectivity index (χ0n) is 12.0. The van der Waals surface area contributed by atoms with Gasteiger partial charge < -0.3 is 15.3 Å². The van der Waals surface area contributed by atoms with Crippen LogP contribution in [0.4, 0.5) is 0 Å². The van der Waals surface area contributed by atoms with Gasteiger partial charge in [0.05, 0.1) is 0 Å². The Kier molecular flexibility index (Phi) is 6.84. The van der Waals surface area contributed by atoms with Crippen molar-refractivity contribution < 1.29 is 14.7 Å². The molecule has 0 aromatic heterocycles. The van der Waals surface area contributed by atoms with Crippen LogP contribution in [0, 0.1) is 0 Å². The molecule has 1 rings (SSSR count). The minimum atomic E-state index is -0.779. The van der Waals surface area contributed by atoms with Crippen molar-refractivity contribution in [3.8, 4) is 0 Å². The van der Waals surface area contributed by atoms with Crippen LogP contribution in [0.1, 0.15) is 52.4 Å². The van der Waals surface area contributed by atoms with Crippen LogP contribution < -0.4 is 5.32 Å². The maximum atomic E-state index is 12.3. The van der Waals surface area contributed by atoms with E-state index in [2.05, 4.69) is 5.32 Å². The average Bonchev–Trinajstić information content (AvgIpc) is 2.36. The van der Waals surface area contributed by atoms with Crippen LogP contribution in [0.25, 0.3) is 0 Å². The molecule has 0 aliphatic carbocycles. The van der Waals surface area contributed by atoms with Gasteiger partial charge in [0.2, 0.25) is 5.91 Å². The summed E-state index contributed by atoms with van der Waals surface area (Å²) in [5.74, 6) is -0.623. The molecule has 110 valence electrons. The Morgan fingerprint density at radius 2 is 2.16 bits per heavy atom. The van der Waals surface area contributed by atoms with Crippen molar-refractivity contribution in [2.45, 2.75) is 64.5 Å². The van der Waals surface area contributed by atoms with Gasteiger partial charge in [-0.25, -0.2) is 0 Å². The van der Waals surface area contributed by atoms with Gasteiger partial charge in [-0.3, -0.25) is 9.59 Å². The van der Waals surface area contributed by atoms with Gasteiger partial charge in [0, 0.05) is 31.5 Å². The lowest BCUT2D eigenvalue weighted by Crippen LogP contribution is -2.46.